The number of carbonyl (C=O) groups excluding carboxylic acids is 1. The van der Waals surface area contributed by atoms with Gasteiger partial charge in [0.25, 0.3) is 5.91 Å². The number of thiazole rings is 1. The van der Waals surface area contributed by atoms with Crippen molar-refractivity contribution in [3.05, 3.63) is 45.2 Å². The zero-order chi connectivity index (χ0) is 14.9. The first kappa shape index (κ1) is 14.1. The highest BCUT2D eigenvalue weighted by molar-refractivity contribution is 7.13. The van der Waals surface area contributed by atoms with Gasteiger partial charge in [-0.1, -0.05) is 0 Å². The second-order valence-corrected chi connectivity index (χ2v) is 5.30. The molecule has 0 saturated heterocycles. The number of amides is 1. The van der Waals surface area contributed by atoms with E-state index in [0.717, 1.165) is 11.1 Å². The van der Waals surface area contributed by atoms with E-state index in [1.807, 2.05) is 0 Å². The Morgan fingerprint density at radius 2 is 2.05 bits per heavy atom. The molecule has 0 spiro atoms. The van der Waals surface area contributed by atoms with Crippen LogP contribution in [0, 0.1) is 19.7 Å². The van der Waals surface area contributed by atoms with E-state index in [0.29, 0.717) is 10.6 Å². The molecule has 20 heavy (non-hydrogen) atoms. The summed E-state index contributed by atoms with van der Waals surface area (Å²) in [5.41, 5.74) is 0.336. The van der Waals surface area contributed by atoms with Gasteiger partial charge in [-0.3, -0.25) is 4.79 Å². The molecule has 1 amide bonds. The topological polar surface area (TPSA) is 79.3 Å². The maximum Gasteiger partial charge on any atom is 0.335 e. The van der Waals surface area contributed by atoms with E-state index in [1.54, 1.807) is 13.8 Å². The fourth-order valence-corrected chi connectivity index (χ4v) is 2.49. The van der Waals surface area contributed by atoms with Crippen molar-refractivity contribution in [2.75, 3.05) is 5.32 Å². The lowest BCUT2D eigenvalue weighted by molar-refractivity contribution is 0.0696. The number of carboxylic acid groups (broad SMARTS) is 1. The van der Waals surface area contributed by atoms with Crippen molar-refractivity contribution < 1.29 is 19.1 Å². The van der Waals surface area contributed by atoms with Crippen LogP contribution in [0.4, 0.5) is 10.1 Å². The third-order valence-corrected chi connectivity index (χ3v) is 3.65. The lowest BCUT2D eigenvalue weighted by Gasteiger charge is -2.06. The quantitative estimate of drug-likeness (QED) is 0.912. The summed E-state index contributed by atoms with van der Waals surface area (Å²) in [4.78, 5) is 27.2. The average molecular weight is 294 g/mol. The molecule has 0 atom stereocenters. The molecule has 7 heteroatoms. The molecule has 1 heterocycles. The molecular weight excluding hydrogens is 283 g/mol. The van der Waals surface area contributed by atoms with Crippen molar-refractivity contribution in [3.8, 4) is 0 Å². The number of benzene rings is 1. The number of aromatic carboxylic acids is 1. The van der Waals surface area contributed by atoms with Crippen molar-refractivity contribution >= 4 is 28.9 Å². The molecule has 2 aromatic rings. The van der Waals surface area contributed by atoms with Crippen LogP contribution in [0.25, 0.3) is 0 Å². The van der Waals surface area contributed by atoms with E-state index in [2.05, 4.69) is 10.3 Å². The van der Waals surface area contributed by atoms with Crippen LogP contribution in [-0.4, -0.2) is 22.0 Å². The monoisotopic (exact) mass is 294 g/mol. The summed E-state index contributed by atoms with van der Waals surface area (Å²) in [7, 11) is 0. The van der Waals surface area contributed by atoms with Gasteiger partial charge in [0.05, 0.1) is 22.0 Å². The number of aryl methyl sites for hydroxylation is 2. The summed E-state index contributed by atoms with van der Waals surface area (Å²) in [6.07, 6.45) is 0. The number of aromatic nitrogens is 1. The molecule has 0 unspecified atom stereocenters. The Kier molecular flexibility index (Phi) is 3.80. The number of nitrogens with zero attached hydrogens (tertiary/aromatic N) is 1. The Labute approximate surface area is 118 Å². The number of halogens is 1. The maximum absolute atomic E-state index is 13.7. The fourth-order valence-electron chi connectivity index (χ4n) is 1.67. The minimum absolute atomic E-state index is 0.0644. The number of carbonyl (C=O) groups is 2. The maximum atomic E-state index is 13.7. The van der Waals surface area contributed by atoms with Crippen molar-refractivity contribution in [3.63, 3.8) is 0 Å². The van der Waals surface area contributed by atoms with E-state index >= 15 is 0 Å². The van der Waals surface area contributed by atoms with E-state index in [1.165, 1.54) is 23.5 Å². The molecule has 5 nitrogen and oxygen atoms in total. The van der Waals surface area contributed by atoms with Crippen LogP contribution in [-0.2, 0) is 0 Å². The molecule has 0 aliphatic carbocycles. The highest BCUT2D eigenvalue weighted by atomic mass is 32.1. The summed E-state index contributed by atoms with van der Waals surface area (Å²) < 4.78 is 13.7. The van der Waals surface area contributed by atoms with Crippen molar-refractivity contribution in [1.29, 1.82) is 0 Å². The normalized spacial score (nSPS) is 10.3. The molecular formula is C13H11FN2O3S. The highest BCUT2D eigenvalue weighted by Crippen LogP contribution is 2.21. The SMILES string of the molecule is Cc1nc(C)c(C(=O)Nc2ccc(C(=O)O)cc2F)s1. The Bertz CT molecular complexity index is 697. The van der Waals surface area contributed by atoms with Gasteiger partial charge in [0.1, 0.15) is 10.7 Å². The summed E-state index contributed by atoms with van der Waals surface area (Å²) in [6.45, 7) is 3.47. The van der Waals surface area contributed by atoms with Gasteiger partial charge in [0.15, 0.2) is 0 Å². The van der Waals surface area contributed by atoms with Gasteiger partial charge < -0.3 is 10.4 Å². The van der Waals surface area contributed by atoms with Crippen molar-refractivity contribution in [1.82, 2.24) is 4.98 Å². The van der Waals surface area contributed by atoms with Crippen LogP contribution in [0.15, 0.2) is 18.2 Å². The summed E-state index contributed by atoms with van der Waals surface area (Å²) >= 11 is 1.22. The van der Waals surface area contributed by atoms with Crippen LogP contribution in [0.2, 0.25) is 0 Å². The summed E-state index contributed by atoms with van der Waals surface area (Å²) in [6, 6.07) is 3.31. The third-order valence-electron chi connectivity index (χ3n) is 2.57. The third kappa shape index (κ3) is 2.83. The molecule has 2 rings (SSSR count). The smallest absolute Gasteiger partial charge is 0.335 e. The Balaban J connectivity index is 2.24. The zero-order valence-electron chi connectivity index (χ0n) is 10.7. The predicted octanol–water partition coefficient (Wildman–Crippen LogP) is 2.85. The predicted molar refractivity (Wildman–Crippen MR) is 72.9 cm³/mol. The van der Waals surface area contributed by atoms with Crippen LogP contribution < -0.4 is 5.32 Å². The molecule has 0 saturated carbocycles. The Morgan fingerprint density at radius 1 is 1.35 bits per heavy atom. The second-order valence-electron chi connectivity index (χ2n) is 4.10. The van der Waals surface area contributed by atoms with Crippen molar-refractivity contribution in [2.45, 2.75) is 13.8 Å². The van der Waals surface area contributed by atoms with Gasteiger partial charge in [0, 0.05) is 0 Å². The first-order valence-corrected chi connectivity index (χ1v) is 6.48. The summed E-state index contributed by atoms with van der Waals surface area (Å²) in [5.74, 6) is -2.48. The largest absolute Gasteiger partial charge is 0.478 e. The first-order chi connectivity index (χ1) is 9.38. The number of hydrogen-bond donors (Lipinski definition) is 2. The van der Waals surface area contributed by atoms with Gasteiger partial charge in [0.2, 0.25) is 0 Å². The second kappa shape index (κ2) is 5.38. The first-order valence-electron chi connectivity index (χ1n) is 5.66. The standard InChI is InChI=1S/C13H11FN2O3S/c1-6-11(20-7(2)15-6)12(17)16-10-4-3-8(13(18)19)5-9(10)14/h3-5H,1-2H3,(H,16,17)(H,18,19). The Hall–Kier alpha value is -2.28. The molecule has 0 bridgehead atoms. The van der Waals surface area contributed by atoms with Crippen molar-refractivity contribution in [2.24, 2.45) is 0 Å². The van der Waals surface area contributed by atoms with E-state index in [-0.39, 0.29) is 11.3 Å². The summed E-state index contributed by atoms with van der Waals surface area (Å²) in [5, 5.41) is 11.9. The van der Waals surface area contributed by atoms with Crippen LogP contribution in [0.3, 0.4) is 0 Å². The number of nitrogens with one attached hydrogen (secondary N) is 1. The van der Waals surface area contributed by atoms with Crippen LogP contribution in [0.1, 0.15) is 30.7 Å². The van der Waals surface area contributed by atoms with E-state index in [4.69, 9.17) is 5.11 Å². The number of hydrogen-bond acceptors (Lipinski definition) is 4. The average Bonchev–Trinajstić information content (AvgIpc) is 2.70. The van der Waals surface area contributed by atoms with Gasteiger partial charge in [-0.2, -0.15) is 0 Å². The molecule has 104 valence electrons. The molecule has 0 fully saturated rings. The molecule has 2 N–H and O–H groups in total. The zero-order valence-corrected chi connectivity index (χ0v) is 11.5. The molecule has 0 radical (unpaired) electrons. The van der Waals surface area contributed by atoms with E-state index in [9.17, 15) is 14.0 Å². The lowest BCUT2D eigenvalue weighted by Crippen LogP contribution is -2.13. The molecule has 0 aliphatic heterocycles. The van der Waals surface area contributed by atoms with Gasteiger partial charge in [-0.25, -0.2) is 14.2 Å². The Morgan fingerprint density at radius 3 is 2.55 bits per heavy atom. The minimum Gasteiger partial charge on any atom is -0.478 e. The lowest BCUT2D eigenvalue weighted by atomic mass is 10.2. The van der Waals surface area contributed by atoms with Gasteiger partial charge in [-0.15, -0.1) is 11.3 Å². The van der Waals surface area contributed by atoms with Gasteiger partial charge in [-0.05, 0) is 32.0 Å². The number of carboxylic acids is 1. The number of rotatable bonds is 3. The minimum atomic E-state index is -1.23. The van der Waals surface area contributed by atoms with Crippen LogP contribution >= 0.6 is 11.3 Å². The molecule has 0 aliphatic rings. The van der Waals surface area contributed by atoms with E-state index < -0.39 is 17.7 Å². The van der Waals surface area contributed by atoms with Crippen LogP contribution in [0.5, 0.6) is 0 Å². The fraction of sp³-hybridized carbons (Fsp3) is 0.154. The highest BCUT2D eigenvalue weighted by Gasteiger charge is 2.16. The molecule has 1 aromatic carbocycles. The number of anilines is 1. The van der Waals surface area contributed by atoms with Gasteiger partial charge >= 0.3 is 5.97 Å². The molecule has 1 aromatic heterocycles.